The molecule has 0 aliphatic heterocycles. The van der Waals surface area contributed by atoms with Gasteiger partial charge in [-0.1, -0.05) is 27.7 Å². The molecule has 1 unspecified atom stereocenters. The number of amides is 1. The van der Waals surface area contributed by atoms with Gasteiger partial charge < -0.3 is 15.8 Å². The van der Waals surface area contributed by atoms with Gasteiger partial charge in [0.15, 0.2) is 0 Å². The molecular formula is C12H26N2O2. The van der Waals surface area contributed by atoms with E-state index in [9.17, 15) is 4.79 Å². The molecule has 1 amide bonds. The van der Waals surface area contributed by atoms with Crippen molar-refractivity contribution in [3.63, 3.8) is 0 Å². The minimum atomic E-state index is -0.406. The molecule has 0 fully saturated rings. The number of nitrogens with one attached hydrogen (secondary N) is 1. The second-order valence-corrected chi connectivity index (χ2v) is 4.88. The average molecular weight is 230 g/mol. The SMILES string of the molecule is CC(C)COCCCNC(=O)C(N)C(C)C. The molecule has 0 aromatic carbocycles. The van der Waals surface area contributed by atoms with Crippen molar-refractivity contribution >= 4 is 5.91 Å². The maximum atomic E-state index is 11.4. The molecule has 0 rings (SSSR count). The monoisotopic (exact) mass is 230 g/mol. The van der Waals surface area contributed by atoms with Crippen molar-refractivity contribution in [2.75, 3.05) is 19.8 Å². The molecule has 0 aliphatic carbocycles. The minimum Gasteiger partial charge on any atom is -0.381 e. The summed E-state index contributed by atoms with van der Waals surface area (Å²) in [6.45, 7) is 10.2. The molecule has 16 heavy (non-hydrogen) atoms. The third kappa shape index (κ3) is 7.65. The highest BCUT2D eigenvalue weighted by atomic mass is 16.5. The molecule has 0 aromatic heterocycles. The average Bonchev–Trinajstić information content (AvgIpc) is 2.21. The molecule has 4 heteroatoms. The zero-order valence-corrected chi connectivity index (χ0v) is 11.0. The minimum absolute atomic E-state index is 0.0705. The third-order valence-electron chi connectivity index (χ3n) is 2.24. The van der Waals surface area contributed by atoms with Crippen LogP contribution in [0.4, 0.5) is 0 Å². The summed E-state index contributed by atoms with van der Waals surface area (Å²) < 4.78 is 5.40. The number of hydrogen-bond acceptors (Lipinski definition) is 3. The summed E-state index contributed by atoms with van der Waals surface area (Å²) in [5, 5.41) is 2.81. The molecule has 0 aromatic rings. The number of nitrogens with two attached hydrogens (primary N) is 1. The topological polar surface area (TPSA) is 64.3 Å². The Hall–Kier alpha value is -0.610. The summed E-state index contributed by atoms with van der Waals surface area (Å²) >= 11 is 0. The van der Waals surface area contributed by atoms with Gasteiger partial charge >= 0.3 is 0 Å². The van der Waals surface area contributed by atoms with Gasteiger partial charge in [-0.3, -0.25) is 4.79 Å². The Bertz CT molecular complexity index is 193. The summed E-state index contributed by atoms with van der Waals surface area (Å²) in [5.41, 5.74) is 5.70. The Morgan fingerprint density at radius 2 is 1.94 bits per heavy atom. The maximum Gasteiger partial charge on any atom is 0.237 e. The number of carbonyl (C=O) groups excluding carboxylic acids is 1. The van der Waals surface area contributed by atoms with Gasteiger partial charge in [0, 0.05) is 19.8 Å². The number of rotatable bonds is 8. The first kappa shape index (κ1) is 15.4. The first-order valence-corrected chi connectivity index (χ1v) is 6.06. The zero-order valence-electron chi connectivity index (χ0n) is 11.0. The summed E-state index contributed by atoms with van der Waals surface area (Å²) in [5.74, 6) is 0.667. The summed E-state index contributed by atoms with van der Waals surface area (Å²) in [7, 11) is 0. The van der Waals surface area contributed by atoms with E-state index in [4.69, 9.17) is 10.5 Å². The molecule has 0 aliphatic rings. The first-order chi connectivity index (χ1) is 7.45. The van der Waals surface area contributed by atoms with Crippen molar-refractivity contribution in [1.29, 1.82) is 0 Å². The Labute approximate surface area is 98.9 Å². The lowest BCUT2D eigenvalue weighted by atomic mass is 10.1. The smallest absolute Gasteiger partial charge is 0.237 e. The quantitative estimate of drug-likeness (QED) is 0.615. The molecule has 0 saturated carbocycles. The van der Waals surface area contributed by atoms with E-state index in [-0.39, 0.29) is 11.8 Å². The molecule has 96 valence electrons. The van der Waals surface area contributed by atoms with E-state index in [1.54, 1.807) is 0 Å². The third-order valence-corrected chi connectivity index (χ3v) is 2.24. The predicted molar refractivity (Wildman–Crippen MR) is 66.1 cm³/mol. The predicted octanol–water partition coefficient (Wildman–Crippen LogP) is 1.15. The molecule has 0 bridgehead atoms. The highest BCUT2D eigenvalue weighted by Gasteiger charge is 2.15. The molecule has 0 radical (unpaired) electrons. The van der Waals surface area contributed by atoms with Crippen molar-refractivity contribution in [2.24, 2.45) is 17.6 Å². The maximum absolute atomic E-state index is 11.4. The van der Waals surface area contributed by atoms with Gasteiger partial charge in [-0.15, -0.1) is 0 Å². The van der Waals surface area contributed by atoms with Crippen LogP contribution in [0.15, 0.2) is 0 Å². The Morgan fingerprint density at radius 1 is 1.31 bits per heavy atom. The van der Waals surface area contributed by atoms with Crippen LogP contribution in [0.2, 0.25) is 0 Å². The molecule has 0 spiro atoms. The van der Waals surface area contributed by atoms with Crippen LogP contribution in [0.3, 0.4) is 0 Å². The highest BCUT2D eigenvalue weighted by Crippen LogP contribution is 1.97. The molecule has 0 saturated heterocycles. The van der Waals surface area contributed by atoms with Crippen molar-refractivity contribution < 1.29 is 9.53 Å². The lowest BCUT2D eigenvalue weighted by molar-refractivity contribution is -0.123. The van der Waals surface area contributed by atoms with E-state index in [0.29, 0.717) is 19.1 Å². The summed E-state index contributed by atoms with van der Waals surface area (Å²) in [6.07, 6.45) is 0.837. The van der Waals surface area contributed by atoms with Gasteiger partial charge in [0.2, 0.25) is 5.91 Å². The lowest BCUT2D eigenvalue weighted by Gasteiger charge is -2.15. The van der Waals surface area contributed by atoms with Crippen molar-refractivity contribution in [2.45, 2.75) is 40.2 Å². The van der Waals surface area contributed by atoms with Crippen LogP contribution in [-0.4, -0.2) is 31.7 Å². The van der Waals surface area contributed by atoms with Crippen LogP contribution < -0.4 is 11.1 Å². The van der Waals surface area contributed by atoms with E-state index in [2.05, 4.69) is 19.2 Å². The van der Waals surface area contributed by atoms with E-state index < -0.39 is 6.04 Å². The normalized spacial score (nSPS) is 13.2. The number of hydrogen-bond donors (Lipinski definition) is 2. The molecule has 3 N–H and O–H groups in total. The number of ether oxygens (including phenoxy) is 1. The fraction of sp³-hybridized carbons (Fsp3) is 0.917. The Balaban J connectivity index is 3.41. The molecule has 1 atom stereocenters. The fourth-order valence-electron chi connectivity index (χ4n) is 1.13. The second kappa shape index (κ2) is 8.53. The molecular weight excluding hydrogens is 204 g/mol. The standard InChI is InChI=1S/C12H26N2O2/c1-9(2)8-16-7-5-6-14-12(15)11(13)10(3)4/h9-11H,5-8,13H2,1-4H3,(H,14,15). The van der Waals surface area contributed by atoms with Gasteiger partial charge in [0.1, 0.15) is 0 Å². The zero-order chi connectivity index (χ0) is 12.6. The van der Waals surface area contributed by atoms with Gasteiger partial charge in [0.25, 0.3) is 0 Å². The van der Waals surface area contributed by atoms with Gasteiger partial charge in [-0.2, -0.15) is 0 Å². The molecule has 0 heterocycles. The van der Waals surface area contributed by atoms with Gasteiger partial charge in [-0.25, -0.2) is 0 Å². The Kier molecular flexibility index (Phi) is 8.21. The summed E-state index contributed by atoms with van der Waals surface area (Å²) in [4.78, 5) is 11.4. The fourth-order valence-corrected chi connectivity index (χ4v) is 1.13. The van der Waals surface area contributed by atoms with E-state index in [0.717, 1.165) is 13.0 Å². The molecule has 4 nitrogen and oxygen atoms in total. The number of carbonyl (C=O) groups is 1. The van der Waals surface area contributed by atoms with E-state index >= 15 is 0 Å². The van der Waals surface area contributed by atoms with Crippen LogP contribution in [0.5, 0.6) is 0 Å². The van der Waals surface area contributed by atoms with Gasteiger partial charge in [-0.05, 0) is 18.3 Å². The largest absolute Gasteiger partial charge is 0.381 e. The van der Waals surface area contributed by atoms with Crippen molar-refractivity contribution in [3.8, 4) is 0 Å². The second-order valence-electron chi connectivity index (χ2n) is 4.88. The van der Waals surface area contributed by atoms with Crippen LogP contribution >= 0.6 is 0 Å². The van der Waals surface area contributed by atoms with Crippen molar-refractivity contribution in [3.05, 3.63) is 0 Å². The van der Waals surface area contributed by atoms with Crippen LogP contribution in [0.25, 0.3) is 0 Å². The van der Waals surface area contributed by atoms with E-state index in [1.165, 1.54) is 0 Å². The van der Waals surface area contributed by atoms with Crippen molar-refractivity contribution in [1.82, 2.24) is 5.32 Å². The van der Waals surface area contributed by atoms with E-state index in [1.807, 2.05) is 13.8 Å². The van der Waals surface area contributed by atoms with Gasteiger partial charge in [0.05, 0.1) is 6.04 Å². The van der Waals surface area contributed by atoms with Crippen LogP contribution in [0, 0.1) is 11.8 Å². The Morgan fingerprint density at radius 3 is 2.44 bits per heavy atom. The lowest BCUT2D eigenvalue weighted by Crippen LogP contribution is -2.44. The first-order valence-electron chi connectivity index (χ1n) is 6.06. The van der Waals surface area contributed by atoms with Crippen LogP contribution in [-0.2, 0) is 9.53 Å². The highest BCUT2D eigenvalue weighted by molar-refractivity contribution is 5.81. The summed E-state index contributed by atoms with van der Waals surface area (Å²) in [6, 6.07) is -0.406. The van der Waals surface area contributed by atoms with Crippen LogP contribution in [0.1, 0.15) is 34.1 Å².